The van der Waals surface area contributed by atoms with Gasteiger partial charge in [0.05, 0.1) is 29.4 Å². The average Bonchev–Trinajstić information content (AvgIpc) is 3.28. The van der Waals surface area contributed by atoms with Gasteiger partial charge >= 0.3 is 5.91 Å². The molecule has 1 aromatic heterocycles. The molecule has 1 fully saturated rings. The van der Waals surface area contributed by atoms with Crippen LogP contribution in [0.15, 0.2) is 48.0 Å². The van der Waals surface area contributed by atoms with E-state index in [1.165, 1.54) is 29.4 Å². The Bertz CT molecular complexity index is 1290. The molecule has 1 aliphatic heterocycles. The number of carbonyl (C=O) groups excluding carboxylic acids is 2. The number of amides is 1. The van der Waals surface area contributed by atoms with Gasteiger partial charge in [-0.1, -0.05) is 49.7 Å². The monoisotopic (exact) mass is 496 g/mol. The van der Waals surface area contributed by atoms with Crippen molar-refractivity contribution in [3.8, 4) is 5.75 Å². The summed E-state index contributed by atoms with van der Waals surface area (Å²) in [5.74, 6) is -1.03. The highest BCUT2D eigenvalue weighted by atomic mass is 35.5. The highest BCUT2D eigenvalue weighted by molar-refractivity contribution is 7.16. The van der Waals surface area contributed by atoms with Crippen molar-refractivity contribution in [2.45, 2.75) is 39.7 Å². The van der Waals surface area contributed by atoms with Gasteiger partial charge in [-0.25, -0.2) is 4.98 Å². The molecular weight excluding hydrogens is 472 g/mol. The minimum absolute atomic E-state index is 0.00552. The maximum absolute atomic E-state index is 13.3. The molecule has 6 nitrogen and oxygen atoms in total. The number of nitrogens with zero attached hydrogens (tertiary/aromatic N) is 2. The summed E-state index contributed by atoms with van der Waals surface area (Å²) in [7, 11) is 1.49. The van der Waals surface area contributed by atoms with Crippen molar-refractivity contribution in [3.05, 3.63) is 80.3 Å². The third-order valence-electron chi connectivity index (χ3n) is 6.01. The number of anilines is 1. The molecule has 0 bridgehead atoms. The van der Waals surface area contributed by atoms with Crippen molar-refractivity contribution in [2.75, 3.05) is 12.0 Å². The molecule has 0 radical (unpaired) electrons. The first-order valence-electron chi connectivity index (χ1n) is 10.8. The van der Waals surface area contributed by atoms with E-state index in [-0.39, 0.29) is 16.4 Å². The quantitative estimate of drug-likeness (QED) is 0.259. The number of rotatable bonds is 5. The van der Waals surface area contributed by atoms with Crippen LogP contribution in [0, 0.1) is 13.8 Å². The van der Waals surface area contributed by atoms with Gasteiger partial charge in [-0.15, -0.1) is 11.3 Å². The van der Waals surface area contributed by atoms with E-state index in [0.29, 0.717) is 27.9 Å². The summed E-state index contributed by atoms with van der Waals surface area (Å²) in [6.45, 7) is 7.96. The molecular formula is C26H25ClN2O4S. The SMILES string of the molecule is COc1ccc(/C(O)=C2\C(=O)C(=O)N(c3nc(C)c(C)s3)[C@H]2c2ccc(C(C)C)cc2)cc1Cl. The molecule has 176 valence electrons. The second kappa shape index (κ2) is 9.24. The Morgan fingerprint density at radius 3 is 2.35 bits per heavy atom. The number of Topliss-reactive ketones (excluding diaryl/α,β-unsaturated/α-hetero) is 1. The molecule has 3 aromatic rings. The van der Waals surface area contributed by atoms with E-state index in [0.717, 1.165) is 16.1 Å². The minimum Gasteiger partial charge on any atom is -0.507 e. The molecule has 0 aliphatic carbocycles. The van der Waals surface area contributed by atoms with Crippen LogP contribution in [0.4, 0.5) is 5.13 Å². The zero-order chi connectivity index (χ0) is 24.7. The predicted octanol–water partition coefficient (Wildman–Crippen LogP) is 6.17. The lowest BCUT2D eigenvalue weighted by Gasteiger charge is -2.23. The maximum Gasteiger partial charge on any atom is 0.301 e. The largest absolute Gasteiger partial charge is 0.507 e. The molecule has 1 aliphatic rings. The predicted molar refractivity (Wildman–Crippen MR) is 135 cm³/mol. The van der Waals surface area contributed by atoms with E-state index in [2.05, 4.69) is 18.8 Å². The van der Waals surface area contributed by atoms with Crippen LogP contribution >= 0.6 is 22.9 Å². The van der Waals surface area contributed by atoms with Gasteiger partial charge < -0.3 is 9.84 Å². The van der Waals surface area contributed by atoms with Gasteiger partial charge in [-0.2, -0.15) is 0 Å². The summed E-state index contributed by atoms with van der Waals surface area (Å²) in [5, 5.41) is 12.0. The third kappa shape index (κ3) is 4.10. The normalized spacial score (nSPS) is 17.6. The molecule has 1 amide bonds. The number of methoxy groups -OCH3 is 1. The number of aliphatic hydroxyl groups is 1. The van der Waals surface area contributed by atoms with E-state index < -0.39 is 17.7 Å². The van der Waals surface area contributed by atoms with Crippen LogP contribution in [0.1, 0.15) is 53.1 Å². The van der Waals surface area contributed by atoms with Crippen LogP contribution in [0.3, 0.4) is 0 Å². The Morgan fingerprint density at radius 1 is 1.15 bits per heavy atom. The first-order valence-corrected chi connectivity index (χ1v) is 12.0. The Morgan fingerprint density at radius 2 is 1.82 bits per heavy atom. The van der Waals surface area contributed by atoms with Crippen LogP contribution < -0.4 is 9.64 Å². The van der Waals surface area contributed by atoms with Crippen molar-refractivity contribution in [1.29, 1.82) is 0 Å². The van der Waals surface area contributed by atoms with Crippen molar-refractivity contribution >= 4 is 45.5 Å². The van der Waals surface area contributed by atoms with Crippen LogP contribution in [0.25, 0.3) is 5.76 Å². The van der Waals surface area contributed by atoms with Gasteiger partial charge in [0.15, 0.2) is 5.13 Å². The number of hydrogen-bond acceptors (Lipinski definition) is 6. The smallest absolute Gasteiger partial charge is 0.301 e. The molecule has 1 N–H and O–H groups in total. The lowest BCUT2D eigenvalue weighted by molar-refractivity contribution is -0.132. The molecule has 2 aromatic carbocycles. The van der Waals surface area contributed by atoms with E-state index >= 15 is 0 Å². The Balaban J connectivity index is 1.93. The maximum atomic E-state index is 13.3. The lowest BCUT2D eigenvalue weighted by Crippen LogP contribution is -2.29. The minimum atomic E-state index is -0.827. The van der Waals surface area contributed by atoms with Gasteiger partial charge in [0.2, 0.25) is 0 Å². The van der Waals surface area contributed by atoms with E-state index in [4.69, 9.17) is 16.3 Å². The standard InChI is InChI=1S/C26H25ClN2O4S/c1-13(2)16-6-8-17(9-7-16)22-21(23(30)18-10-11-20(33-5)19(27)12-18)24(31)25(32)29(22)26-28-14(3)15(4)34-26/h6-13,22,30H,1-5H3/b23-21+/t22-/m0/s1. The highest BCUT2D eigenvalue weighted by Crippen LogP contribution is 2.44. The van der Waals surface area contributed by atoms with Gasteiger partial charge in [0.25, 0.3) is 5.78 Å². The van der Waals surface area contributed by atoms with Crippen LogP contribution in [-0.2, 0) is 9.59 Å². The molecule has 0 spiro atoms. The molecule has 4 rings (SSSR count). The summed E-state index contributed by atoms with van der Waals surface area (Å²) in [4.78, 5) is 33.4. The van der Waals surface area contributed by atoms with E-state index in [1.54, 1.807) is 12.1 Å². The van der Waals surface area contributed by atoms with Crippen LogP contribution in [-0.4, -0.2) is 28.9 Å². The Hall–Kier alpha value is -3.16. The molecule has 1 saturated heterocycles. The number of benzene rings is 2. The fraction of sp³-hybridized carbons (Fsp3) is 0.269. The number of ether oxygens (including phenoxy) is 1. The Labute approximate surface area is 207 Å². The number of aliphatic hydroxyl groups excluding tert-OH is 1. The fourth-order valence-electron chi connectivity index (χ4n) is 3.94. The van der Waals surface area contributed by atoms with Gasteiger partial charge in [-0.05, 0) is 49.1 Å². The van der Waals surface area contributed by atoms with E-state index in [9.17, 15) is 14.7 Å². The molecule has 1 atom stereocenters. The highest BCUT2D eigenvalue weighted by Gasteiger charge is 2.48. The zero-order valence-corrected chi connectivity index (χ0v) is 21.1. The molecule has 34 heavy (non-hydrogen) atoms. The second-order valence-corrected chi connectivity index (χ2v) is 10.1. The van der Waals surface area contributed by atoms with Gasteiger partial charge in [0, 0.05) is 10.4 Å². The van der Waals surface area contributed by atoms with Gasteiger partial charge in [-0.3, -0.25) is 14.5 Å². The number of carbonyl (C=O) groups is 2. The van der Waals surface area contributed by atoms with Crippen molar-refractivity contribution in [1.82, 2.24) is 4.98 Å². The third-order valence-corrected chi connectivity index (χ3v) is 7.38. The van der Waals surface area contributed by atoms with E-state index in [1.807, 2.05) is 38.1 Å². The molecule has 0 saturated carbocycles. The number of aryl methyl sites for hydroxylation is 2. The summed E-state index contributed by atoms with van der Waals surface area (Å²) < 4.78 is 5.19. The van der Waals surface area contributed by atoms with Crippen LogP contribution in [0.2, 0.25) is 5.02 Å². The fourth-order valence-corrected chi connectivity index (χ4v) is 5.13. The Kier molecular flexibility index (Phi) is 6.51. The van der Waals surface area contributed by atoms with Crippen LogP contribution in [0.5, 0.6) is 5.75 Å². The number of halogens is 1. The molecule has 2 heterocycles. The lowest BCUT2D eigenvalue weighted by atomic mass is 9.93. The van der Waals surface area contributed by atoms with Crippen molar-refractivity contribution in [3.63, 3.8) is 0 Å². The molecule has 8 heteroatoms. The molecule has 0 unspecified atom stereocenters. The topological polar surface area (TPSA) is 79.7 Å². The van der Waals surface area contributed by atoms with Crippen molar-refractivity contribution < 1.29 is 19.4 Å². The summed E-state index contributed by atoms with van der Waals surface area (Å²) in [6.07, 6.45) is 0. The number of hydrogen-bond donors (Lipinski definition) is 1. The van der Waals surface area contributed by atoms with Gasteiger partial charge in [0.1, 0.15) is 11.5 Å². The van der Waals surface area contributed by atoms with Crippen molar-refractivity contribution in [2.24, 2.45) is 0 Å². The first kappa shape index (κ1) is 24.0. The first-order chi connectivity index (χ1) is 16.1. The summed E-state index contributed by atoms with van der Waals surface area (Å²) >= 11 is 7.60. The number of ketones is 1. The summed E-state index contributed by atoms with van der Waals surface area (Å²) in [5.41, 5.74) is 2.93. The number of aromatic nitrogens is 1. The zero-order valence-electron chi connectivity index (χ0n) is 19.5. The number of thiazole rings is 1. The average molecular weight is 497 g/mol. The second-order valence-electron chi connectivity index (χ2n) is 8.48. The summed E-state index contributed by atoms with van der Waals surface area (Å²) in [6, 6.07) is 11.6.